The lowest BCUT2D eigenvalue weighted by molar-refractivity contribution is 0.111. The minimum Gasteiger partial charge on any atom is -0.378 e. The maximum atomic E-state index is 11.9. The van der Waals surface area contributed by atoms with Crippen LogP contribution < -0.4 is 4.18 Å². The number of para-hydroxylation sites is 1. The molecule has 2 rings (SSSR count). The largest absolute Gasteiger partial charge is 0.378 e. The van der Waals surface area contributed by atoms with Gasteiger partial charge in [0.2, 0.25) is 5.03 Å². The van der Waals surface area contributed by atoms with Crippen LogP contribution in [0.15, 0.2) is 53.7 Å². The number of carbonyl (C=O) groups excluding carboxylic acids is 1. The normalized spacial score (nSPS) is 10.9. The minimum absolute atomic E-state index is 0.0339. The zero-order valence-corrected chi connectivity index (χ0v) is 10.0. The Bertz CT molecular complexity index is 653. The van der Waals surface area contributed by atoms with Crippen LogP contribution in [-0.4, -0.2) is 19.7 Å². The van der Waals surface area contributed by atoms with Crippen molar-refractivity contribution in [1.82, 2.24) is 4.98 Å². The summed E-state index contributed by atoms with van der Waals surface area (Å²) in [5.41, 5.74) is -0.0339. The summed E-state index contributed by atoms with van der Waals surface area (Å²) in [7, 11) is -4.10. The zero-order valence-electron chi connectivity index (χ0n) is 9.18. The number of pyridine rings is 1. The summed E-state index contributed by atoms with van der Waals surface area (Å²) in [5, 5.41) is -0.385. The van der Waals surface area contributed by atoms with E-state index in [9.17, 15) is 13.2 Å². The van der Waals surface area contributed by atoms with Crippen molar-refractivity contribution in [2.75, 3.05) is 0 Å². The van der Waals surface area contributed by atoms with Crippen LogP contribution in [0.1, 0.15) is 10.4 Å². The van der Waals surface area contributed by atoms with Crippen molar-refractivity contribution >= 4 is 16.4 Å². The van der Waals surface area contributed by atoms with E-state index >= 15 is 0 Å². The first-order valence-electron chi connectivity index (χ1n) is 5.03. The molecule has 1 heterocycles. The number of benzene rings is 1. The van der Waals surface area contributed by atoms with Crippen molar-refractivity contribution < 1.29 is 17.4 Å². The van der Waals surface area contributed by atoms with Crippen LogP contribution in [0, 0.1) is 0 Å². The number of nitrogens with zero attached hydrogens (tertiary/aromatic N) is 1. The number of hydrogen-bond donors (Lipinski definition) is 0. The Morgan fingerprint density at radius 2 is 1.78 bits per heavy atom. The zero-order chi connectivity index (χ0) is 13.0. The lowest BCUT2D eigenvalue weighted by Crippen LogP contribution is -2.13. The Kier molecular flexibility index (Phi) is 3.38. The fourth-order valence-corrected chi connectivity index (χ4v) is 2.38. The fourth-order valence-electron chi connectivity index (χ4n) is 1.34. The predicted octanol–water partition coefficient (Wildman–Crippen LogP) is 1.66. The van der Waals surface area contributed by atoms with E-state index in [4.69, 9.17) is 4.18 Å². The van der Waals surface area contributed by atoms with Crippen molar-refractivity contribution in [2.24, 2.45) is 0 Å². The molecule has 0 fully saturated rings. The lowest BCUT2D eigenvalue weighted by Gasteiger charge is -2.07. The van der Waals surface area contributed by atoms with Gasteiger partial charge in [0.25, 0.3) is 0 Å². The van der Waals surface area contributed by atoms with Gasteiger partial charge in [0.15, 0.2) is 6.29 Å². The van der Waals surface area contributed by atoms with Crippen LogP contribution in [0.2, 0.25) is 0 Å². The van der Waals surface area contributed by atoms with Gasteiger partial charge in [-0.05, 0) is 24.3 Å². The van der Waals surface area contributed by atoms with Gasteiger partial charge < -0.3 is 4.18 Å². The maximum Gasteiger partial charge on any atom is 0.357 e. The standard InChI is InChI=1S/C12H9NO4S/c14-9-10-5-4-8-13-12(10)18(15,16)17-11-6-2-1-3-7-11/h1-9H. The molecule has 0 N–H and O–H groups in total. The third-order valence-corrected chi connectivity index (χ3v) is 3.34. The molecule has 6 heteroatoms. The Hall–Kier alpha value is -2.21. The summed E-state index contributed by atoms with van der Waals surface area (Å²) in [4.78, 5) is 14.4. The molecule has 1 aromatic carbocycles. The molecule has 0 atom stereocenters. The summed E-state index contributed by atoms with van der Waals surface area (Å²) < 4.78 is 28.8. The van der Waals surface area contributed by atoms with Crippen molar-refractivity contribution in [3.63, 3.8) is 0 Å². The second-order valence-electron chi connectivity index (χ2n) is 3.37. The molecule has 0 amide bonds. The first kappa shape index (κ1) is 12.3. The van der Waals surface area contributed by atoms with E-state index in [1.165, 1.54) is 30.5 Å². The Balaban J connectivity index is 2.40. The van der Waals surface area contributed by atoms with E-state index in [0.29, 0.717) is 6.29 Å². The van der Waals surface area contributed by atoms with Crippen LogP contribution in [-0.2, 0) is 10.1 Å². The van der Waals surface area contributed by atoms with E-state index in [1.807, 2.05) is 0 Å². The summed E-state index contributed by atoms with van der Waals surface area (Å²) in [5.74, 6) is 0.167. The Morgan fingerprint density at radius 3 is 2.44 bits per heavy atom. The van der Waals surface area contributed by atoms with E-state index < -0.39 is 10.1 Å². The highest BCUT2D eigenvalue weighted by Gasteiger charge is 2.22. The minimum atomic E-state index is -4.10. The summed E-state index contributed by atoms with van der Waals surface area (Å²) >= 11 is 0. The molecule has 1 aromatic heterocycles. The predicted molar refractivity (Wildman–Crippen MR) is 63.9 cm³/mol. The number of aldehydes is 1. The molecule has 0 saturated carbocycles. The molecule has 0 bridgehead atoms. The average molecular weight is 263 g/mol. The van der Waals surface area contributed by atoms with Gasteiger partial charge in [-0.15, -0.1) is 0 Å². The van der Waals surface area contributed by atoms with Crippen LogP contribution in [0.3, 0.4) is 0 Å². The van der Waals surface area contributed by atoms with Gasteiger partial charge in [0.05, 0.1) is 5.56 Å². The molecule has 0 unspecified atom stereocenters. The molecular weight excluding hydrogens is 254 g/mol. The van der Waals surface area contributed by atoms with Gasteiger partial charge in [-0.2, -0.15) is 8.42 Å². The van der Waals surface area contributed by atoms with Crippen molar-refractivity contribution in [1.29, 1.82) is 0 Å². The van der Waals surface area contributed by atoms with Crippen LogP contribution in [0.5, 0.6) is 5.75 Å². The van der Waals surface area contributed by atoms with Crippen molar-refractivity contribution in [3.8, 4) is 5.75 Å². The molecule has 0 aliphatic heterocycles. The Morgan fingerprint density at radius 1 is 1.06 bits per heavy atom. The summed E-state index contributed by atoms with van der Waals surface area (Å²) in [6.07, 6.45) is 1.71. The molecule has 18 heavy (non-hydrogen) atoms. The molecule has 0 saturated heterocycles. The average Bonchev–Trinajstić information content (AvgIpc) is 2.39. The molecule has 0 aliphatic carbocycles. The topological polar surface area (TPSA) is 73.3 Å². The molecule has 0 aliphatic rings. The smallest absolute Gasteiger partial charge is 0.357 e. The molecule has 0 radical (unpaired) electrons. The second kappa shape index (κ2) is 4.97. The van der Waals surface area contributed by atoms with Crippen molar-refractivity contribution in [3.05, 3.63) is 54.2 Å². The van der Waals surface area contributed by atoms with Gasteiger partial charge in [-0.3, -0.25) is 4.79 Å². The second-order valence-corrected chi connectivity index (χ2v) is 4.83. The van der Waals surface area contributed by atoms with Crippen LogP contribution in [0.4, 0.5) is 0 Å². The third kappa shape index (κ3) is 2.54. The highest BCUT2D eigenvalue weighted by atomic mass is 32.2. The summed E-state index contributed by atoms with van der Waals surface area (Å²) in [6.45, 7) is 0. The van der Waals surface area contributed by atoms with E-state index in [1.54, 1.807) is 18.2 Å². The van der Waals surface area contributed by atoms with Gasteiger partial charge in [0, 0.05) is 6.20 Å². The molecular formula is C12H9NO4S. The molecule has 5 nitrogen and oxygen atoms in total. The highest BCUT2D eigenvalue weighted by molar-refractivity contribution is 7.87. The van der Waals surface area contributed by atoms with Crippen LogP contribution in [0.25, 0.3) is 0 Å². The van der Waals surface area contributed by atoms with Gasteiger partial charge >= 0.3 is 10.1 Å². The molecule has 0 spiro atoms. The molecule has 92 valence electrons. The van der Waals surface area contributed by atoms with Gasteiger partial charge in [-0.25, -0.2) is 4.98 Å². The SMILES string of the molecule is O=Cc1cccnc1S(=O)(=O)Oc1ccccc1. The fraction of sp³-hybridized carbons (Fsp3) is 0. The number of rotatable bonds is 4. The molecule has 2 aromatic rings. The summed E-state index contributed by atoms with van der Waals surface area (Å²) in [6, 6.07) is 10.9. The van der Waals surface area contributed by atoms with Crippen molar-refractivity contribution in [2.45, 2.75) is 5.03 Å². The highest BCUT2D eigenvalue weighted by Crippen LogP contribution is 2.18. The first-order valence-corrected chi connectivity index (χ1v) is 6.44. The first-order chi connectivity index (χ1) is 8.63. The van der Waals surface area contributed by atoms with E-state index in [2.05, 4.69) is 4.98 Å². The van der Waals surface area contributed by atoms with E-state index in [0.717, 1.165) is 0 Å². The van der Waals surface area contributed by atoms with E-state index in [-0.39, 0.29) is 16.3 Å². The quantitative estimate of drug-likeness (QED) is 0.619. The third-order valence-electron chi connectivity index (χ3n) is 2.11. The number of aromatic nitrogens is 1. The maximum absolute atomic E-state index is 11.9. The number of hydrogen-bond acceptors (Lipinski definition) is 5. The van der Waals surface area contributed by atoms with Gasteiger partial charge in [0.1, 0.15) is 5.75 Å². The van der Waals surface area contributed by atoms with Crippen LogP contribution >= 0.6 is 0 Å². The lowest BCUT2D eigenvalue weighted by atomic mass is 10.3. The van der Waals surface area contributed by atoms with Gasteiger partial charge in [-0.1, -0.05) is 18.2 Å². The monoisotopic (exact) mass is 263 g/mol. The number of carbonyl (C=O) groups is 1. The Labute approximate surface area is 104 Å².